The fourth-order valence-corrected chi connectivity index (χ4v) is 5.20. The summed E-state index contributed by atoms with van der Waals surface area (Å²) in [7, 11) is 0. The van der Waals surface area contributed by atoms with E-state index in [1.54, 1.807) is 40.9 Å². The van der Waals surface area contributed by atoms with Gasteiger partial charge in [-0.1, -0.05) is 12.1 Å². The molecular weight excluding hydrogens is 380 g/mol. The van der Waals surface area contributed by atoms with Crippen molar-refractivity contribution in [3.8, 4) is 6.07 Å². The van der Waals surface area contributed by atoms with Crippen LogP contribution in [0.4, 0.5) is 0 Å². The van der Waals surface area contributed by atoms with Gasteiger partial charge in [-0.3, -0.25) is 14.2 Å². The molecule has 1 aromatic heterocycles. The molecule has 8 nitrogen and oxygen atoms in total. The van der Waals surface area contributed by atoms with Crippen molar-refractivity contribution >= 4 is 34.5 Å². The van der Waals surface area contributed by atoms with Crippen molar-refractivity contribution < 1.29 is 14.3 Å². The van der Waals surface area contributed by atoms with Gasteiger partial charge in [-0.25, -0.2) is 9.78 Å². The Labute approximate surface area is 165 Å². The highest BCUT2D eigenvalue weighted by molar-refractivity contribution is 8.01. The minimum Gasteiger partial charge on any atom is -0.456 e. The lowest BCUT2D eigenvalue weighted by molar-refractivity contribution is -0.155. The van der Waals surface area contributed by atoms with Crippen LogP contribution in [0, 0.1) is 11.3 Å². The lowest BCUT2D eigenvalue weighted by atomic mass is 10.2. The maximum absolute atomic E-state index is 12.7. The van der Waals surface area contributed by atoms with Gasteiger partial charge in [0.15, 0.2) is 5.82 Å². The Kier molecular flexibility index (Phi) is 4.59. The van der Waals surface area contributed by atoms with Gasteiger partial charge in [0, 0.05) is 12.2 Å². The molecule has 2 fully saturated rings. The Bertz CT molecular complexity index is 1080. The van der Waals surface area contributed by atoms with E-state index in [9.17, 15) is 14.4 Å². The first-order chi connectivity index (χ1) is 13.4. The van der Waals surface area contributed by atoms with E-state index >= 15 is 0 Å². The number of hydrogen-bond donors (Lipinski definition) is 0. The number of aromatic nitrogens is 2. The Balaban J connectivity index is 1.58. The molecule has 9 heteroatoms. The van der Waals surface area contributed by atoms with E-state index in [-0.39, 0.29) is 35.3 Å². The maximum Gasteiger partial charge on any atom is 0.330 e. The number of hydrogen-bond acceptors (Lipinski definition) is 7. The van der Waals surface area contributed by atoms with Gasteiger partial charge in [0.05, 0.1) is 21.8 Å². The average Bonchev–Trinajstić information content (AvgIpc) is 3.18. The number of rotatable bonds is 4. The van der Waals surface area contributed by atoms with Crippen molar-refractivity contribution in [2.75, 3.05) is 5.75 Å². The fourth-order valence-electron chi connectivity index (χ4n) is 3.79. The molecule has 0 bridgehead atoms. The van der Waals surface area contributed by atoms with Crippen LogP contribution in [0.15, 0.2) is 29.1 Å². The number of carbonyl (C=O) groups is 2. The van der Waals surface area contributed by atoms with E-state index in [1.165, 1.54) is 4.57 Å². The number of nitriles is 1. The number of amides is 1. The first-order valence-corrected chi connectivity index (χ1v) is 9.91. The number of ether oxygens (including phenoxy) is 1. The van der Waals surface area contributed by atoms with Gasteiger partial charge in [-0.2, -0.15) is 5.26 Å². The molecule has 28 heavy (non-hydrogen) atoms. The molecule has 2 aliphatic rings. The van der Waals surface area contributed by atoms with Crippen LogP contribution < -0.4 is 5.56 Å². The zero-order valence-electron chi connectivity index (χ0n) is 15.3. The molecule has 0 aliphatic carbocycles. The van der Waals surface area contributed by atoms with Crippen LogP contribution in [0.2, 0.25) is 0 Å². The summed E-state index contributed by atoms with van der Waals surface area (Å²) in [6, 6.07) is 8.12. The van der Waals surface area contributed by atoms with Crippen molar-refractivity contribution in [3.63, 3.8) is 0 Å². The molecular formula is C19H18N4O4S. The Morgan fingerprint density at radius 2 is 2.21 bits per heavy atom. The third-order valence-electron chi connectivity index (χ3n) is 5.23. The summed E-state index contributed by atoms with van der Waals surface area (Å²) in [6.45, 7) is 1.54. The SMILES string of the molecule is C[C@]12CCC(=O)N1[C@H](C(=O)OCc1nc3ccccc3c(=O)n1CC#N)CS2. The van der Waals surface area contributed by atoms with Gasteiger partial charge in [-0.15, -0.1) is 11.8 Å². The summed E-state index contributed by atoms with van der Waals surface area (Å²) >= 11 is 1.58. The second-order valence-electron chi connectivity index (χ2n) is 6.97. The van der Waals surface area contributed by atoms with Crippen LogP contribution in [0.1, 0.15) is 25.6 Å². The van der Waals surface area contributed by atoms with Crippen molar-refractivity contribution in [1.82, 2.24) is 14.5 Å². The van der Waals surface area contributed by atoms with Crippen molar-refractivity contribution in [2.24, 2.45) is 0 Å². The zero-order valence-corrected chi connectivity index (χ0v) is 16.1. The third kappa shape index (κ3) is 2.94. The Hall–Kier alpha value is -2.86. The summed E-state index contributed by atoms with van der Waals surface area (Å²) in [5, 5.41) is 9.46. The van der Waals surface area contributed by atoms with E-state index in [1.807, 2.05) is 13.0 Å². The number of esters is 1. The largest absolute Gasteiger partial charge is 0.456 e. The molecule has 0 spiro atoms. The standard InChI is InChI=1S/C19H18N4O4S/c1-19-7-6-16(24)23(19)14(11-28-19)18(26)27-10-15-21-13-5-3-2-4-12(13)17(25)22(15)9-8-20/h2-5,14H,6-7,9-11H2,1H3/t14-,19-/m0/s1. The van der Waals surface area contributed by atoms with Crippen LogP contribution in [-0.4, -0.2) is 43.0 Å². The van der Waals surface area contributed by atoms with Crippen molar-refractivity contribution in [1.29, 1.82) is 5.26 Å². The minimum atomic E-state index is -0.637. The third-order valence-corrected chi connectivity index (χ3v) is 6.74. The number of thioether (sulfide) groups is 1. The molecule has 1 aromatic carbocycles. The predicted molar refractivity (Wildman–Crippen MR) is 102 cm³/mol. The lowest BCUT2D eigenvalue weighted by Gasteiger charge is -2.29. The molecule has 0 N–H and O–H groups in total. The highest BCUT2D eigenvalue weighted by Crippen LogP contribution is 2.47. The van der Waals surface area contributed by atoms with E-state index < -0.39 is 12.0 Å². The summed E-state index contributed by atoms with van der Waals surface area (Å²) in [5.74, 6) is 0.133. The highest BCUT2D eigenvalue weighted by atomic mass is 32.2. The first kappa shape index (κ1) is 18.5. The molecule has 1 amide bonds. The van der Waals surface area contributed by atoms with Crippen LogP contribution in [0.5, 0.6) is 0 Å². The topological polar surface area (TPSA) is 105 Å². The molecule has 2 aliphatic heterocycles. The highest BCUT2D eigenvalue weighted by Gasteiger charge is 2.53. The normalized spacial score (nSPS) is 23.6. The summed E-state index contributed by atoms with van der Waals surface area (Å²) < 4.78 is 6.64. The number of carbonyl (C=O) groups excluding carboxylic acids is 2. The predicted octanol–water partition coefficient (Wildman–Crippen LogP) is 1.42. The number of nitrogens with zero attached hydrogens (tertiary/aromatic N) is 4. The fraction of sp³-hybridized carbons (Fsp3) is 0.421. The van der Waals surface area contributed by atoms with Gasteiger partial charge in [-0.05, 0) is 25.5 Å². The molecule has 0 radical (unpaired) electrons. The van der Waals surface area contributed by atoms with Crippen LogP contribution in [-0.2, 0) is 27.5 Å². The second kappa shape index (κ2) is 6.95. The molecule has 0 saturated carbocycles. The van der Waals surface area contributed by atoms with Gasteiger partial charge in [0.1, 0.15) is 19.2 Å². The summed E-state index contributed by atoms with van der Waals surface area (Å²) in [4.78, 5) is 43.2. The minimum absolute atomic E-state index is 0.0420. The summed E-state index contributed by atoms with van der Waals surface area (Å²) in [5.41, 5.74) is 0.128. The monoisotopic (exact) mass is 398 g/mol. The quantitative estimate of drug-likeness (QED) is 0.717. The van der Waals surface area contributed by atoms with Crippen LogP contribution >= 0.6 is 11.8 Å². The van der Waals surface area contributed by atoms with Gasteiger partial charge >= 0.3 is 5.97 Å². The zero-order chi connectivity index (χ0) is 19.9. The van der Waals surface area contributed by atoms with E-state index in [4.69, 9.17) is 10.00 Å². The molecule has 2 atom stereocenters. The molecule has 0 unspecified atom stereocenters. The molecule has 144 valence electrons. The van der Waals surface area contributed by atoms with Crippen LogP contribution in [0.3, 0.4) is 0 Å². The molecule has 3 heterocycles. The van der Waals surface area contributed by atoms with Gasteiger partial charge in [0.2, 0.25) is 5.91 Å². The number of para-hydroxylation sites is 1. The number of benzene rings is 1. The molecule has 4 rings (SSSR count). The first-order valence-electron chi connectivity index (χ1n) is 8.93. The lowest BCUT2D eigenvalue weighted by Crippen LogP contribution is -2.46. The molecule has 2 saturated heterocycles. The summed E-state index contributed by atoms with van der Waals surface area (Å²) in [6.07, 6.45) is 1.15. The van der Waals surface area contributed by atoms with E-state index in [0.717, 1.165) is 0 Å². The number of fused-ring (bicyclic) bond motifs is 2. The van der Waals surface area contributed by atoms with Gasteiger partial charge in [0.25, 0.3) is 5.56 Å². The van der Waals surface area contributed by atoms with Crippen molar-refractivity contribution in [3.05, 3.63) is 40.4 Å². The smallest absolute Gasteiger partial charge is 0.330 e. The Morgan fingerprint density at radius 3 is 3.00 bits per heavy atom. The van der Waals surface area contributed by atoms with Gasteiger partial charge < -0.3 is 9.64 Å². The van der Waals surface area contributed by atoms with Crippen molar-refractivity contribution in [2.45, 2.75) is 43.8 Å². The second-order valence-corrected chi connectivity index (χ2v) is 8.47. The maximum atomic E-state index is 12.7. The molecule has 2 aromatic rings. The van der Waals surface area contributed by atoms with E-state index in [2.05, 4.69) is 4.98 Å². The average molecular weight is 398 g/mol. The Morgan fingerprint density at radius 1 is 1.43 bits per heavy atom. The van der Waals surface area contributed by atoms with E-state index in [0.29, 0.717) is 29.5 Å². The van der Waals surface area contributed by atoms with Crippen LogP contribution in [0.25, 0.3) is 10.9 Å².